The van der Waals surface area contributed by atoms with E-state index in [1.807, 2.05) is 24.3 Å². The van der Waals surface area contributed by atoms with Crippen molar-refractivity contribution >= 4 is 15.9 Å². The Kier molecular flexibility index (Phi) is 5.89. The van der Waals surface area contributed by atoms with Gasteiger partial charge in [0.1, 0.15) is 18.5 Å². The molecule has 3 nitrogen and oxygen atoms in total. The first kappa shape index (κ1) is 14.6. The predicted octanol–water partition coefficient (Wildman–Crippen LogP) is 2.89. The van der Waals surface area contributed by atoms with Crippen LogP contribution < -0.4 is 10.1 Å². The van der Waals surface area contributed by atoms with Gasteiger partial charge < -0.3 is 15.2 Å². The molecule has 1 aromatic rings. The monoisotopic (exact) mass is 325 g/mol. The Balaban J connectivity index is 1.66. The summed E-state index contributed by atoms with van der Waals surface area (Å²) in [5, 5.41) is 13.3. The Labute approximate surface area is 122 Å². The van der Waals surface area contributed by atoms with E-state index in [9.17, 15) is 5.11 Å². The summed E-state index contributed by atoms with van der Waals surface area (Å²) in [5.41, 5.74) is 0. The van der Waals surface area contributed by atoms with Gasteiger partial charge in [0.25, 0.3) is 0 Å². The lowest BCUT2D eigenvalue weighted by Crippen LogP contribution is -2.38. The number of benzene rings is 1. The summed E-state index contributed by atoms with van der Waals surface area (Å²) < 4.78 is 6.53. The van der Waals surface area contributed by atoms with E-state index in [0.29, 0.717) is 19.2 Å². The summed E-state index contributed by atoms with van der Waals surface area (Å²) in [6.45, 7) is 0.887. The highest BCUT2D eigenvalue weighted by Crippen LogP contribution is 2.17. The summed E-state index contributed by atoms with van der Waals surface area (Å²) in [7, 11) is 0. The average molecular weight is 326 g/mol. The van der Waals surface area contributed by atoms with Crippen LogP contribution in [0.2, 0.25) is 0 Å². The third-order valence-corrected chi connectivity index (χ3v) is 3.64. The van der Waals surface area contributed by atoms with Gasteiger partial charge in [-0.3, -0.25) is 0 Å². The molecule has 2 unspecified atom stereocenters. The molecule has 0 aromatic heterocycles. The second-order valence-corrected chi connectivity index (χ2v) is 5.73. The fourth-order valence-electron chi connectivity index (χ4n) is 2.09. The normalized spacial score (nSPS) is 20.2. The number of hydrogen-bond donors (Lipinski definition) is 2. The van der Waals surface area contributed by atoms with Crippen molar-refractivity contribution in [2.45, 2.75) is 31.4 Å². The number of aliphatic hydroxyl groups is 1. The van der Waals surface area contributed by atoms with Gasteiger partial charge in [0, 0.05) is 17.1 Å². The molecule has 104 valence electrons. The Hall–Kier alpha value is -0.840. The van der Waals surface area contributed by atoms with Crippen LogP contribution in [0.3, 0.4) is 0 Å². The van der Waals surface area contributed by atoms with E-state index in [1.165, 1.54) is 0 Å². The zero-order valence-electron chi connectivity index (χ0n) is 10.9. The smallest absolute Gasteiger partial charge is 0.120 e. The molecule has 19 heavy (non-hydrogen) atoms. The van der Waals surface area contributed by atoms with Crippen molar-refractivity contribution in [2.75, 3.05) is 13.2 Å². The topological polar surface area (TPSA) is 41.5 Å². The molecule has 2 atom stereocenters. The van der Waals surface area contributed by atoms with Crippen LogP contribution in [-0.4, -0.2) is 30.4 Å². The summed E-state index contributed by atoms with van der Waals surface area (Å²) in [6.07, 6.45) is 7.26. The van der Waals surface area contributed by atoms with Crippen LogP contribution in [0.15, 0.2) is 40.9 Å². The summed E-state index contributed by atoms with van der Waals surface area (Å²) in [6, 6.07) is 8.13. The number of rotatable bonds is 6. The molecule has 0 spiro atoms. The highest BCUT2D eigenvalue weighted by molar-refractivity contribution is 9.10. The van der Waals surface area contributed by atoms with Gasteiger partial charge in [0.2, 0.25) is 0 Å². The molecule has 0 amide bonds. The molecule has 1 aromatic carbocycles. The Morgan fingerprint density at radius 3 is 3.05 bits per heavy atom. The second kappa shape index (κ2) is 7.68. The molecular formula is C15H20BrNO2. The van der Waals surface area contributed by atoms with Crippen LogP contribution in [-0.2, 0) is 0 Å². The maximum absolute atomic E-state index is 9.89. The molecule has 0 fully saturated rings. The highest BCUT2D eigenvalue weighted by atomic mass is 79.9. The molecule has 2 N–H and O–H groups in total. The number of nitrogens with one attached hydrogen (secondary N) is 1. The molecular weight excluding hydrogens is 306 g/mol. The minimum atomic E-state index is -0.482. The molecule has 1 aliphatic rings. The van der Waals surface area contributed by atoms with Crippen LogP contribution >= 0.6 is 15.9 Å². The number of hydrogen-bond acceptors (Lipinski definition) is 3. The fourth-order valence-corrected chi connectivity index (χ4v) is 2.47. The van der Waals surface area contributed by atoms with Crippen molar-refractivity contribution in [3.63, 3.8) is 0 Å². The van der Waals surface area contributed by atoms with E-state index in [0.717, 1.165) is 29.5 Å². The van der Waals surface area contributed by atoms with Crippen molar-refractivity contribution in [3.8, 4) is 5.75 Å². The van der Waals surface area contributed by atoms with Crippen molar-refractivity contribution < 1.29 is 9.84 Å². The molecule has 0 heterocycles. The first-order valence-corrected chi connectivity index (χ1v) is 7.48. The Morgan fingerprint density at radius 1 is 1.42 bits per heavy atom. The lowest BCUT2D eigenvalue weighted by molar-refractivity contribution is 0.103. The number of ether oxygens (including phenoxy) is 1. The molecule has 0 bridgehead atoms. The largest absolute Gasteiger partial charge is 0.491 e. The summed E-state index contributed by atoms with van der Waals surface area (Å²) >= 11 is 3.39. The van der Waals surface area contributed by atoms with Crippen molar-refractivity contribution in [1.29, 1.82) is 0 Å². The third kappa shape index (κ3) is 5.35. The van der Waals surface area contributed by atoms with Gasteiger partial charge in [-0.2, -0.15) is 0 Å². The highest BCUT2D eigenvalue weighted by Gasteiger charge is 2.12. The summed E-state index contributed by atoms with van der Waals surface area (Å²) in [5.74, 6) is 0.772. The van der Waals surface area contributed by atoms with E-state index in [2.05, 4.69) is 33.4 Å². The molecule has 1 aliphatic carbocycles. The zero-order chi connectivity index (χ0) is 13.5. The standard InChI is InChI=1S/C15H20BrNO2/c16-12-5-4-8-15(9-12)19-11-14(18)10-17-13-6-2-1-3-7-13/h1-2,4-5,8-9,13-14,17-18H,3,6-7,10-11H2. The SMILES string of the molecule is OC(CNC1CC=CCC1)COc1cccc(Br)c1. The minimum absolute atomic E-state index is 0.312. The van der Waals surface area contributed by atoms with Gasteiger partial charge in [-0.1, -0.05) is 34.1 Å². The van der Waals surface area contributed by atoms with E-state index >= 15 is 0 Å². The van der Waals surface area contributed by atoms with Crippen molar-refractivity contribution in [2.24, 2.45) is 0 Å². The van der Waals surface area contributed by atoms with Gasteiger partial charge in [0.05, 0.1) is 0 Å². The molecule has 0 radical (unpaired) electrons. The molecule has 4 heteroatoms. The van der Waals surface area contributed by atoms with Crippen LogP contribution in [0, 0.1) is 0 Å². The van der Waals surface area contributed by atoms with E-state index in [4.69, 9.17) is 4.74 Å². The van der Waals surface area contributed by atoms with Crippen LogP contribution in [0.4, 0.5) is 0 Å². The average Bonchev–Trinajstić information content (AvgIpc) is 2.44. The van der Waals surface area contributed by atoms with Crippen LogP contribution in [0.25, 0.3) is 0 Å². The van der Waals surface area contributed by atoms with Crippen molar-refractivity contribution in [3.05, 3.63) is 40.9 Å². The number of aliphatic hydroxyl groups excluding tert-OH is 1. The second-order valence-electron chi connectivity index (χ2n) is 4.81. The van der Waals surface area contributed by atoms with E-state index in [1.54, 1.807) is 0 Å². The van der Waals surface area contributed by atoms with Crippen molar-refractivity contribution in [1.82, 2.24) is 5.32 Å². The van der Waals surface area contributed by atoms with Gasteiger partial charge in [-0.05, 0) is 37.5 Å². The van der Waals surface area contributed by atoms with Gasteiger partial charge in [0.15, 0.2) is 0 Å². The summed E-state index contributed by atoms with van der Waals surface area (Å²) in [4.78, 5) is 0. The lowest BCUT2D eigenvalue weighted by Gasteiger charge is -2.21. The van der Waals surface area contributed by atoms with Crippen LogP contribution in [0.5, 0.6) is 5.75 Å². The quantitative estimate of drug-likeness (QED) is 0.790. The van der Waals surface area contributed by atoms with Gasteiger partial charge in [-0.15, -0.1) is 0 Å². The Bertz CT molecular complexity index is 422. The van der Waals surface area contributed by atoms with Gasteiger partial charge >= 0.3 is 0 Å². The molecule has 2 rings (SSSR count). The van der Waals surface area contributed by atoms with Crippen LogP contribution in [0.1, 0.15) is 19.3 Å². The number of allylic oxidation sites excluding steroid dienone is 1. The van der Waals surface area contributed by atoms with E-state index < -0.39 is 6.10 Å². The first-order valence-electron chi connectivity index (χ1n) is 6.69. The molecule has 0 aliphatic heterocycles. The minimum Gasteiger partial charge on any atom is -0.491 e. The zero-order valence-corrected chi connectivity index (χ0v) is 12.5. The first-order chi connectivity index (χ1) is 9.24. The molecule has 0 saturated carbocycles. The van der Waals surface area contributed by atoms with E-state index in [-0.39, 0.29) is 0 Å². The molecule has 0 saturated heterocycles. The third-order valence-electron chi connectivity index (χ3n) is 3.15. The lowest BCUT2D eigenvalue weighted by atomic mass is 10.0. The Morgan fingerprint density at radius 2 is 2.32 bits per heavy atom. The fraction of sp³-hybridized carbons (Fsp3) is 0.467. The number of halogens is 1. The maximum Gasteiger partial charge on any atom is 0.120 e. The predicted molar refractivity (Wildman–Crippen MR) is 80.4 cm³/mol. The van der Waals surface area contributed by atoms with Gasteiger partial charge in [-0.25, -0.2) is 0 Å². The maximum atomic E-state index is 9.89.